The van der Waals surface area contributed by atoms with Crippen molar-refractivity contribution < 1.29 is 14.3 Å². The van der Waals surface area contributed by atoms with E-state index < -0.39 is 0 Å². The van der Waals surface area contributed by atoms with E-state index in [1.54, 1.807) is 0 Å². The maximum atomic E-state index is 14.2. The molecule has 1 atom stereocenters. The molecule has 3 aliphatic rings. The first kappa shape index (κ1) is 27.7. The molecular weight excluding hydrogens is 532 g/mol. The number of rotatable bonds is 10. The van der Waals surface area contributed by atoms with Crippen LogP contribution in [0.1, 0.15) is 64.3 Å². The van der Waals surface area contributed by atoms with Crippen LogP contribution < -0.4 is 9.47 Å². The zero-order chi connectivity index (χ0) is 29.1. The van der Waals surface area contributed by atoms with Crippen LogP contribution in [0.15, 0.2) is 103 Å². The van der Waals surface area contributed by atoms with E-state index in [2.05, 4.69) is 64.4 Å². The van der Waals surface area contributed by atoms with Crippen LogP contribution in [0.25, 0.3) is 0 Å². The van der Waals surface area contributed by atoms with Crippen LogP contribution in [-0.2, 0) is 19.4 Å². The smallest absolute Gasteiger partial charge is 0.254 e. The first-order chi connectivity index (χ1) is 21.2. The van der Waals surface area contributed by atoms with Crippen molar-refractivity contribution in [2.75, 3.05) is 26.2 Å². The molecule has 7 rings (SSSR count). The molecule has 4 aromatic rings. The summed E-state index contributed by atoms with van der Waals surface area (Å²) >= 11 is 0. The third-order valence-electron chi connectivity index (χ3n) is 9.36. The third kappa shape index (κ3) is 6.18. The van der Waals surface area contributed by atoms with Crippen LogP contribution in [0.2, 0.25) is 0 Å². The maximum absolute atomic E-state index is 14.2. The number of hydrogen-bond donors (Lipinski definition) is 0. The highest BCUT2D eigenvalue weighted by molar-refractivity contribution is 5.95. The molecule has 5 nitrogen and oxygen atoms in total. The van der Waals surface area contributed by atoms with E-state index in [1.807, 2.05) is 48.5 Å². The number of carbonyl (C=O) groups is 1. The highest BCUT2D eigenvalue weighted by atomic mass is 16.5. The Morgan fingerprint density at radius 3 is 2.19 bits per heavy atom. The number of amides is 1. The van der Waals surface area contributed by atoms with Crippen LogP contribution in [0.3, 0.4) is 0 Å². The summed E-state index contributed by atoms with van der Waals surface area (Å²) in [5.74, 6) is 1.92. The summed E-state index contributed by atoms with van der Waals surface area (Å²) < 4.78 is 12.3. The molecule has 0 radical (unpaired) electrons. The molecule has 1 saturated carbocycles. The Bertz CT molecular complexity index is 1530. The van der Waals surface area contributed by atoms with E-state index in [4.69, 9.17) is 9.47 Å². The molecule has 1 unspecified atom stereocenters. The summed E-state index contributed by atoms with van der Waals surface area (Å²) in [5, 5.41) is 0. The molecule has 1 spiro atoms. The Labute approximate surface area is 255 Å². The Morgan fingerprint density at radius 2 is 1.47 bits per heavy atom. The highest BCUT2D eigenvalue weighted by Gasteiger charge is 2.55. The quantitative estimate of drug-likeness (QED) is 0.201. The average Bonchev–Trinajstić information content (AvgIpc) is 3.60. The first-order valence-electron chi connectivity index (χ1n) is 15.8. The zero-order valence-electron chi connectivity index (χ0n) is 24.8. The van der Waals surface area contributed by atoms with Crippen molar-refractivity contribution >= 4 is 5.91 Å². The largest absolute Gasteiger partial charge is 0.492 e. The lowest BCUT2D eigenvalue weighted by Crippen LogP contribution is -2.50. The number of likely N-dealkylation sites (tertiary alicyclic amines) is 1. The number of ether oxygens (including phenoxy) is 2. The molecule has 1 amide bonds. The van der Waals surface area contributed by atoms with Gasteiger partial charge >= 0.3 is 0 Å². The van der Waals surface area contributed by atoms with E-state index in [0.29, 0.717) is 13.2 Å². The fourth-order valence-corrected chi connectivity index (χ4v) is 6.88. The predicted molar refractivity (Wildman–Crippen MR) is 170 cm³/mol. The molecule has 0 bridgehead atoms. The molecule has 2 fully saturated rings. The second-order valence-corrected chi connectivity index (χ2v) is 12.3. The summed E-state index contributed by atoms with van der Waals surface area (Å²) in [6.07, 6.45) is 6.27. The van der Waals surface area contributed by atoms with Crippen molar-refractivity contribution in [3.63, 3.8) is 0 Å². The Hall–Kier alpha value is -4.09. The lowest BCUT2D eigenvalue weighted by molar-refractivity contribution is 0.0486. The van der Waals surface area contributed by atoms with Crippen molar-refractivity contribution in [1.82, 2.24) is 9.80 Å². The van der Waals surface area contributed by atoms with Crippen molar-refractivity contribution in [1.29, 1.82) is 0 Å². The van der Waals surface area contributed by atoms with Gasteiger partial charge in [0.2, 0.25) is 0 Å². The van der Waals surface area contributed by atoms with Gasteiger partial charge in [-0.25, -0.2) is 0 Å². The van der Waals surface area contributed by atoms with Crippen LogP contribution in [0.4, 0.5) is 0 Å². The second-order valence-electron chi connectivity index (χ2n) is 12.3. The second kappa shape index (κ2) is 12.3. The van der Waals surface area contributed by atoms with E-state index in [9.17, 15) is 4.79 Å². The van der Waals surface area contributed by atoms with Gasteiger partial charge in [-0.1, -0.05) is 66.7 Å². The van der Waals surface area contributed by atoms with Crippen LogP contribution in [0, 0.1) is 0 Å². The Kier molecular flexibility index (Phi) is 7.90. The van der Waals surface area contributed by atoms with Gasteiger partial charge < -0.3 is 14.4 Å². The van der Waals surface area contributed by atoms with Crippen LogP contribution >= 0.6 is 0 Å². The number of hydrogen-bond acceptors (Lipinski definition) is 4. The van der Waals surface area contributed by atoms with E-state index in [0.717, 1.165) is 54.9 Å². The van der Waals surface area contributed by atoms with E-state index >= 15 is 0 Å². The normalized spacial score (nSPS) is 18.8. The molecule has 0 N–H and O–H groups in total. The van der Waals surface area contributed by atoms with Gasteiger partial charge in [0.1, 0.15) is 24.7 Å². The van der Waals surface area contributed by atoms with Crippen molar-refractivity contribution in [2.24, 2.45) is 0 Å². The molecule has 220 valence electrons. The average molecular weight is 573 g/mol. The molecule has 5 heteroatoms. The molecule has 2 aliphatic heterocycles. The number of fused-ring (bicyclic) bond motifs is 1. The summed E-state index contributed by atoms with van der Waals surface area (Å²) in [6.45, 7) is 4.61. The minimum atomic E-state index is -0.138. The number of nitrogens with zero attached hydrogens (tertiary/aromatic N) is 2. The van der Waals surface area contributed by atoms with Gasteiger partial charge in [0.15, 0.2) is 0 Å². The third-order valence-corrected chi connectivity index (χ3v) is 9.36. The van der Waals surface area contributed by atoms with Crippen molar-refractivity contribution in [3.05, 3.63) is 131 Å². The first-order valence-corrected chi connectivity index (χ1v) is 15.8. The van der Waals surface area contributed by atoms with Crippen molar-refractivity contribution in [3.8, 4) is 11.5 Å². The Morgan fingerprint density at radius 1 is 0.767 bits per heavy atom. The summed E-state index contributed by atoms with van der Waals surface area (Å²) in [6, 6.07) is 35.0. The predicted octanol–water partition coefficient (Wildman–Crippen LogP) is 7.26. The van der Waals surface area contributed by atoms with Gasteiger partial charge in [-0.05, 0) is 110 Å². The van der Waals surface area contributed by atoms with Crippen molar-refractivity contribution in [2.45, 2.75) is 56.7 Å². The summed E-state index contributed by atoms with van der Waals surface area (Å²) in [4.78, 5) is 18.8. The molecule has 4 aromatic carbocycles. The van der Waals surface area contributed by atoms with Crippen LogP contribution in [-0.4, -0.2) is 47.5 Å². The minimum Gasteiger partial charge on any atom is -0.492 e. The molecule has 2 heterocycles. The lowest BCUT2D eigenvalue weighted by atomic mass is 9.83. The van der Waals surface area contributed by atoms with Gasteiger partial charge in [-0.15, -0.1) is 0 Å². The van der Waals surface area contributed by atoms with Gasteiger partial charge in [-0.2, -0.15) is 0 Å². The maximum Gasteiger partial charge on any atom is 0.254 e. The SMILES string of the molecule is O=C(c1ccccc1)N1C(Cc2ccc(OCCN3CCCC3)cc2)c2ccc(OCc3ccccc3)cc2CC12CC2. The Balaban J connectivity index is 1.14. The van der Waals surface area contributed by atoms with Crippen LogP contribution in [0.5, 0.6) is 11.5 Å². The topological polar surface area (TPSA) is 42.0 Å². The van der Waals surface area contributed by atoms with E-state index in [-0.39, 0.29) is 17.5 Å². The van der Waals surface area contributed by atoms with Gasteiger partial charge in [0.25, 0.3) is 5.91 Å². The van der Waals surface area contributed by atoms with Gasteiger partial charge in [-0.3, -0.25) is 9.69 Å². The highest BCUT2D eigenvalue weighted by Crippen LogP contribution is 2.54. The fraction of sp³-hybridized carbons (Fsp3) is 0.342. The fourth-order valence-electron chi connectivity index (χ4n) is 6.88. The van der Waals surface area contributed by atoms with Gasteiger partial charge in [0, 0.05) is 17.6 Å². The molecule has 1 saturated heterocycles. The number of carbonyl (C=O) groups excluding carboxylic acids is 1. The molecule has 1 aliphatic carbocycles. The molecule has 0 aromatic heterocycles. The van der Waals surface area contributed by atoms with Gasteiger partial charge in [0.05, 0.1) is 6.04 Å². The van der Waals surface area contributed by atoms with E-state index in [1.165, 1.54) is 42.6 Å². The number of benzene rings is 4. The monoisotopic (exact) mass is 572 g/mol. The summed E-state index contributed by atoms with van der Waals surface area (Å²) in [5.41, 5.74) is 5.50. The summed E-state index contributed by atoms with van der Waals surface area (Å²) in [7, 11) is 0. The lowest BCUT2D eigenvalue weighted by Gasteiger charge is -2.44. The molecule has 43 heavy (non-hydrogen) atoms. The molecular formula is C38H40N2O3. The zero-order valence-corrected chi connectivity index (χ0v) is 24.8. The standard InChI is InChI=1S/C38H40N2O3/c41-37(31-11-5-2-6-12-31)40-36(25-29-13-15-33(16-14-29)42-24-23-39-21-7-8-22-39)35-18-17-34(26-32(35)27-38(40)19-20-38)43-28-30-9-3-1-4-10-30/h1-6,9-18,26,36H,7-8,19-25,27-28H2. The minimum absolute atomic E-state index is 0.0518.